The summed E-state index contributed by atoms with van der Waals surface area (Å²) in [6.45, 7) is 0. The molecule has 0 spiro atoms. The largest absolute Gasteiger partial charge is 0.576 e. The fourth-order valence-corrected chi connectivity index (χ4v) is 2.43. The third kappa shape index (κ3) is 2.94. The van der Waals surface area contributed by atoms with Crippen LogP contribution in [0.2, 0.25) is 0 Å². The minimum atomic E-state index is 0.111. The number of benzene rings is 2. The van der Waals surface area contributed by atoms with E-state index in [1.807, 2.05) is 60.7 Å². The first kappa shape index (κ1) is 13.6. The number of hydrogen-bond donors (Lipinski definition) is 0. The standard InChI is InChI=1S/C18H13BN2O2/c1-3-7-17-13(5-1)9-15(11-20-17)22-19-23-16-10-14-6-2-4-8-18(14)21-12-16/h1-12,19H. The Labute approximate surface area is 134 Å². The van der Waals surface area contributed by atoms with Crippen LogP contribution in [0, 0.1) is 0 Å². The topological polar surface area (TPSA) is 44.2 Å². The molecule has 4 aromatic rings. The third-order valence-electron chi connectivity index (χ3n) is 3.58. The van der Waals surface area contributed by atoms with Gasteiger partial charge in [0.1, 0.15) is 11.5 Å². The number of para-hydroxylation sites is 2. The summed E-state index contributed by atoms with van der Waals surface area (Å²) < 4.78 is 11.2. The summed E-state index contributed by atoms with van der Waals surface area (Å²) in [7, 11) is 0.111. The molecule has 0 atom stereocenters. The van der Waals surface area contributed by atoms with Crippen molar-refractivity contribution in [1.29, 1.82) is 0 Å². The van der Waals surface area contributed by atoms with Crippen molar-refractivity contribution in [2.24, 2.45) is 0 Å². The second-order valence-corrected chi connectivity index (χ2v) is 5.13. The molecular weight excluding hydrogens is 287 g/mol. The molecule has 0 fully saturated rings. The van der Waals surface area contributed by atoms with Crippen molar-refractivity contribution in [1.82, 2.24) is 9.97 Å². The number of pyridine rings is 2. The van der Waals surface area contributed by atoms with E-state index in [0.29, 0.717) is 11.5 Å². The molecule has 0 saturated carbocycles. The molecule has 0 aliphatic carbocycles. The minimum Gasteiger partial charge on any atom is -0.527 e. The van der Waals surface area contributed by atoms with Gasteiger partial charge in [-0.15, -0.1) is 0 Å². The van der Waals surface area contributed by atoms with Crippen molar-refractivity contribution in [2.75, 3.05) is 0 Å². The molecule has 0 N–H and O–H groups in total. The van der Waals surface area contributed by atoms with Crippen LogP contribution in [0.1, 0.15) is 0 Å². The lowest BCUT2D eigenvalue weighted by atomic mass is 10.2. The van der Waals surface area contributed by atoms with Gasteiger partial charge in [-0.05, 0) is 24.3 Å². The van der Waals surface area contributed by atoms with Gasteiger partial charge < -0.3 is 9.31 Å². The Morgan fingerprint density at radius 3 is 1.65 bits per heavy atom. The first-order valence-electron chi connectivity index (χ1n) is 7.34. The van der Waals surface area contributed by atoms with Crippen LogP contribution in [0.5, 0.6) is 11.5 Å². The molecule has 2 aromatic heterocycles. The lowest BCUT2D eigenvalue weighted by Gasteiger charge is -2.08. The van der Waals surface area contributed by atoms with Crippen LogP contribution in [0.3, 0.4) is 0 Å². The molecule has 0 amide bonds. The van der Waals surface area contributed by atoms with Gasteiger partial charge in [-0.3, -0.25) is 9.97 Å². The van der Waals surface area contributed by atoms with Crippen LogP contribution < -0.4 is 9.31 Å². The van der Waals surface area contributed by atoms with E-state index < -0.39 is 0 Å². The molecule has 110 valence electrons. The summed E-state index contributed by atoms with van der Waals surface area (Å²) in [4.78, 5) is 8.71. The normalized spacial score (nSPS) is 10.6. The summed E-state index contributed by atoms with van der Waals surface area (Å²) >= 11 is 0. The van der Waals surface area contributed by atoms with Gasteiger partial charge in [0, 0.05) is 10.8 Å². The highest BCUT2D eigenvalue weighted by atomic mass is 16.6. The van der Waals surface area contributed by atoms with Gasteiger partial charge in [-0.25, -0.2) is 0 Å². The fraction of sp³-hybridized carbons (Fsp3) is 0. The SMILES string of the molecule is B(Oc1cnc2ccccc2c1)Oc1cnc2ccccc2c1. The molecule has 0 radical (unpaired) electrons. The van der Waals surface area contributed by atoms with Gasteiger partial charge in [0.25, 0.3) is 0 Å². The molecule has 4 nitrogen and oxygen atoms in total. The molecule has 0 aliphatic rings. The van der Waals surface area contributed by atoms with E-state index in [1.165, 1.54) is 0 Å². The maximum atomic E-state index is 5.62. The van der Waals surface area contributed by atoms with Crippen LogP contribution in [0.25, 0.3) is 21.8 Å². The summed E-state index contributed by atoms with van der Waals surface area (Å²) in [5.74, 6) is 1.36. The second kappa shape index (κ2) is 5.97. The summed E-state index contributed by atoms with van der Waals surface area (Å²) in [5.41, 5.74) is 1.89. The van der Waals surface area contributed by atoms with E-state index in [4.69, 9.17) is 9.31 Å². The second-order valence-electron chi connectivity index (χ2n) is 5.13. The molecule has 4 rings (SSSR count). The third-order valence-corrected chi connectivity index (χ3v) is 3.58. The Morgan fingerprint density at radius 1 is 0.652 bits per heavy atom. The van der Waals surface area contributed by atoms with Gasteiger partial charge in [-0.2, -0.15) is 0 Å². The average molecular weight is 300 g/mol. The Bertz CT molecular complexity index is 896. The zero-order valence-corrected chi connectivity index (χ0v) is 12.3. The molecule has 0 aliphatic heterocycles. The number of hydrogen-bond acceptors (Lipinski definition) is 4. The molecule has 0 unspecified atom stereocenters. The molecule has 2 heterocycles. The van der Waals surface area contributed by atoms with E-state index in [2.05, 4.69) is 9.97 Å². The van der Waals surface area contributed by atoms with E-state index in [9.17, 15) is 0 Å². The molecule has 2 aromatic carbocycles. The minimum absolute atomic E-state index is 0.111. The van der Waals surface area contributed by atoms with Crippen LogP contribution in [-0.2, 0) is 0 Å². The number of fused-ring (bicyclic) bond motifs is 2. The molecule has 0 saturated heterocycles. The van der Waals surface area contributed by atoms with Crippen molar-refractivity contribution < 1.29 is 9.31 Å². The lowest BCUT2D eigenvalue weighted by Crippen LogP contribution is -2.11. The number of rotatable bonds is 4. The van der Waals surface area contributed by atoms with Crippen LogP contribution in [0.15, 0.2) is 73.1 Å². The molecule has 23 heavy (non-hydrogen) atoms. The predicted molar refractivity (Wildman–Crippen MR) is 91.9 cm³/mol. The number of aromatic nitrogens is 2. The molecule has 0 bridgehead atoms. The quantitative estimate of drug-likeness (QED) is 0.541. The van der Waals surface area contributed by atoms with Crippen LogP contribution in [0.4, 0.5) is 0 Å². The van der Waals surface area contributed by atoms with Crippen molar-refractivity contribution in [2.45, 2.75) is 0 Å². The average Bonchev–Trinajstić information content (AvgIpc) is 2.61. The van der Waals surface area contributed by atoms with Gasteiger partial charge >= 0.3 is 7.69 Å². The Balaban J connectivity index is 1.45. The van der Waals surface area contributed by atoms with Crippen molar-refractivity contribution in [3.63, 3.8) is 0 Å². The predicted octanol–water partition coefficient (Wildman–Crippen LogP) is 3.51. The monoisotopic (exact) mass is 300 g/mol. The first-order valence-corrected chi connectivity index (χ1v) is 7.34. The summed E-state index contributed by atoms with van der Waals surface area (Å²) in [6.07, 6.45) is 3.40. The lowest BCUT2D eigenvalue weighted by molar-refractivity contribution is 0.457. The fourth-order valence-electron chi connectivity index (χ4n) is 2.43. The Hall–Kier alpha value is -3.08. The van der Waals surface area contributed by atoms with Crippen molar-refractivity contribution >= 4 is 29.5 Å². The smallest absolute Gasteiger partial charge is 0.527 e. The van der Waals surface area contributed by atoms with E-state index in [1.54, 1.807) is 12.4 Å². The van der Waals surface area contributed by atoms with Gasteiger partial charge in [0.2, 0.25) is 0 Å². The first-order chi connectivity index (χ1) is 11.4. The van der Waals surface area contributed by atoms with Crippen molar-refractivity contribution in [3.8, 4) is 11.5 Å². The van der Waals surface area contributed by atoms with Gasteiger partial charge in [0.05, 0.1) is 23.4 Å². The zero-order chi connectivity index (χ0) is 15.5. The number of nitrogens with zero attached hydrogens (tertiary/aromatic N) is 2. The Morgan fingerprint density at radius 2 is 1.13 bits per heavy atom. The van der Waals surface area contributed by atoms with Gasteiger partial charge in [0.15, 0.2) is 0 Å². The maximum absolute atomic E-state index is 5.62. The highest BCUT2D eigenvalue weighted by molar-refractivity contribution is 6.20. The zero-order valence-electron chi connectivity index (χ0n) is 12.3. The van der Waals surface area contributed by atoms with E-state index >= 15 is 0 Å². The molecular formula is C18H13BN2O2. The molecule has 5 heteroatoms. The Kier molecular flexibility index (Phi) is 3.52. The van der Waals surface area contributed by atoms with Gasteiger partial charge in [-0.1, -0.05) is 36.4 Å². The summed E-state index contributed by atoms with van der Waals surface area (Å²) in [6, 6.07) is 19.7. The highest BCUT2D eigenvalue weighted by Crippen LogP contribution is 2.19. The van der Waals surface area contributed by atoms with E-state index in [0.717, 1.165) is 21.8 Å². The highest BCUT2D eigenvalue weighted by Gasteiger charge is 2.03. The van der Waals surface area contributed by atoms with Crippen LogP contribution >= 0.6 is 0 Å². The van der Waals surface area contributed by atoms with Crippen molar-refractivity contribution in [3.05, 3.63) is 73.1 Å². The summed E-state index contributed by atoms with van der Waals surface area (Å²) in [5, 5.41) is 2.08. The maximum Gasteiger partial charge on any atom is 0.576 e. The van der Waals surface area contributed by atoms with E-state index in [-0.39, 0.29) is 7.69 Å². The van der Waals surface area contributed by atoms with Crippen LogP contribution in [-0.4, -0.2) is 17.7 Å².